The minimum Gasteiger partial charge on any atom is -0.385 e. The van der Waals surface area contributed by atoms with Crippen molar-refractivity contribution in [3.8, 4) is 0 Å². The first-order valence-corrected chi connectivity index (χ1v) is 7.77. The number of carbonyl (C=O) groups excluding carboxylic acids is 2. The van der Waals surface area contributed by atoms with Crippen LogP contribution in [0.15, 0.2) is 23.3 Å². The highest BCUT2D eigenvalue weighted by molar-refractivity contribution is 6.40. The first-order chi connectivity index (χ1) is 11.0. The molecule has 6 nitrogen and oxygen atoms in total. The Morgan fingerprint density at radius 3 is 2.87 bits per heavy atom. The molecule has 1 heterocycles. The molecule has 6 heteroatoms. The third-order valence-corrected chi connectivity index (χ3v) is 3.70. The van der Waals surface area contributed by atoms with Gasteiger partial charge in [0.1, 0.15) is 5.71 Å². The largest absolute Gasteiger partial charge is 0.385 e. The summed E-state index contributed by atoms with van der Waals surface area (Å²) >= 11 is 0. The Labute approximate surface area is 136 Å². The van der Waals surface area contributed by atoms with Crippen LogP contribution in [-0.4, -0.2) is 37.8 Å². The molecule has 0 bridgehead atoms. The van der Waals surface area contributed by atoms with Crippen molar-refractivity contribution in [2.75, 3.05) is 25.3 Å². The van der Waals surface area contributed by atoms with Gasteiger partial charge in [0.2, 0.25) is 5.91 Å². The molecule has 1 N–H and O–H groups in total. The highest BCUT2D eigenvalue weighted by atomic mass is 16.5. The summed E-state index contributed by atoms with van der Waals surface area (Å²) in [6.07, 6.45) is 1.41. The number of methoxy groups -OCH3 is 1. The van der Waals surface area contributed by atoms with Gasteiger partial charge >= 0.3 is 0 Å². The Kier molecular flexibility index (Phi) is 5.87. The van der Waals surface area contributed by atoms with Crippen LogP contribution in [0.1, 0.15) is 30.4 Å². The fraction of sp³-hybridized carbons (Fsp3) is 0.471. The zero-order valence-electron chi connectivity index (χ0n) is 13.9. The summed E-state index contributed by atoms with van der Waals surface area (Å²) in [7, 11) is 1.63. The topological polar surface area (TPSA) is 71.0 Å². The molecule has 0 fully saturated rings. The molecular formula is C17H23N3O3. The standard InChI is InChI=1S/C17H23N3O3/c1-12-5-6-13(2)15(11-12)20-16(21)8-7-14(19-20)17(22)18-9-4-10-23-3/h5-6,11H,4,7-10H2,1-3H3,(H,18,22). The molecule has 0 spiro atoms. The van der Waals surface area contributed by atoms with Crippen molar-refractivity contribution >= 4 is 23.2 Å². The molecule has 0 unspecified atom stereocenters. The molecule has 0 saturated carbocycles. The van der Waals surface area contributed by atoms with E-state index in [4.69, 9.17) is 4.74 Å². The second-order valence-electron chi connectivity index (χ2n) is 5.64. The summed E-state index contributed by atoms with van der Waals surface area (Å²) in [4.78, 5) is 24.4. The number of nitrogens with one attached hydrogen (secondary N) is 1. The average molecular weight is 317 g/mol. The lowest BCUT2D eigenvalue weighted by Crippen LogP contribution is -2.39. The van der Waals surface area contributed by atoms with E-state index in [-0.39, 0.29) is 18.2 Å². The lowest BCUT2D eigenvalue weighted by atomic mass is 10.1. The Bertz CT molecular complexity index is 626. The van der Waals surface area contributed by atoms with Crippen molar-refractivity contribution < 1.29 is 14.3 Å². The van der Waals surface area contributed by atoms with E-state index in [2.05, 4.69) is 10.4 Å². The smallest absolute Gasteiger partial charge is 0.267 e. The summed E-state index contributed by atoms with van der Waals surface area (Å²) in [5.74, 6) is -0.307. The Balaban J connectivity index is 2.14. The molecule has 124 valence electrons. The van der Waals surface area contributed by atoms with Crippen LogP contribution in [0.5, 0.6) is 0 Å². The molecule has 0 aromatic heterocycles. The van der Waals surface area contributed by atoms with Crippen molar-refractivity contribution in [1.82, 2.24) is 5.32 Å². The van der Waals surface area contributed by atoms with Gasteiger partial charge < -0.3 is 10.1 Å². The number of anilines is 1. The predicted octanol–water partition coefficient (Wildman–Crippen LogP) is 1.94. The summed E-state index contributed by atoms with van der Waals surface area (Å²) in [5.41, 5.74) is 3.13. The van der Waals surface area contributed by atoms with Gasteiger partial charge in [0.25, 0.3) is 5.91 Å². The summed E-state index contributed by atoms with van der Waals surface area (Å²) in [5, 5.41) is 8.46. The third kappa shape index (κ3) is 4.39. The van der Waals surface area contributed by atoms with Crippen LogP contribution in [0.3, 0.4) is 0 Å². The lowest BCUT2D eigenvalue weighted by Gasteiger charge is -2.24. The predicted molar refractivity (Wildman–Crippen MR) is 89.6 cm³/mol. The Hall–Kier alpha value is -2.21. The number of benzene rings is 1. The maximum absolute atomic E-state index is 12.2. The Morgan fingerprint density at radius 2 is 2.13 bits per heavy atom. The zero-order chi connectivity index (χ0) is 16.8. The second-order valence-corrected chi connectivity index (χ2v) is 5.64. The third-order valence-electron chi connectivity index (χ3n) is 3.70. The van der Waals surface area contributed by atoms with Gasteiger partial charge in [0, 0.05) is 33.1 Å². The minimum atomic E-state index is -0.219. The first-order valence-electron chi connectivity index (χ1n) is 7.77. The average Bonchev–Trinajstić information content (AvgIpc) is 2.54. The maximum atomic E-state index is 12.2. The molecular weight excluding hydrogens is 294 g/mol. The summed E-state index contributed by atoms with van der Waals surface area (Å²) < 4.78 is 4.95. The van der Waals surface area contributed by atoms with E-state index in [1.54, 1.807) is 7.11 Å². The van der Waals surface area contributed by atoms with Crippen LogP contribution >= 0.6 is 0 Å². The quantitative estimate of drug-likeness (QED) is 0.815. The molecule has 1 aromatic carbocycles. The fourth-order valence-electron chi connectivity index (χ4n) is 2.37. The van der Waals surface area contributed by atoms with Crippen molar-refractivity contribution in [1.29, 1.82) is 0 Å². The van der Waals surface area contributed by atoms with Crippen LogP contribution in [0.25, 0.3) is 0 Å². The molecule has 2 amide bonds. The van der Waals surface area contributed by atoms with Gasteiger partial charge in [-0.2, -0.15) is 5.10 Å². The van der Waals surface area contributed by atoms with E-state index < -0.39 is 0 Å². The van der Waals surface area contributed by atoms with Crippen molar-refractivity contribution in [3.63, 3.8) is 0 Å². The van der Waals surface area contributed by atoms with Gasteiger partial charge in [-0.1, -0.05) is 12.1 Å². The summed E-state index contributed by atoms with van der Waals surface area (Å²) in [6.45, 7) is 5.02. The van der Waals surface area contributed by atoms with Crippen molar-refractivity contribution in [3.05, 3.63) is 29.3 Å². The lowest BCUT2D eigenvalue weighted by molar-refractivity contribution is -0.118. The highest BCUT2D eigenvalue weighted by Gasteiger charge is 2.26. The first kappa shape index (κ1) is 17.1. The number of amides is 2. The van der Waals surface area contributed by atoms with E-state index in [1.165, 1.54) is 5.01 Å². The van der Waals surface area contributed by atoms with E-state index in [0.29, 0.717) is 25.3 Å². The van der Waals surface area contributed by atoms with E-state index in [1.807, 2.05) is 32.0 Å². The number of ether oxygens (including phenoxy) is 1. The molecule has 0 radical (unpaired) electrons. The van der Waals surface area contributed by atoms with Gasteiger partial charge in [-0.05, 0) is 37.5 Å². The number of carbonyl (C=O) groups is 2. The zero-order valence-corrected chi connectivity index (χ0v) is 13.9. The fourth-order valence-corrected chi connectivity index (χ4v) is 2.37. The van der Waals surface area contributed by atoms with Gasteiger partial charge in [-0.15, -0.1) is 0 Å². The molecule has 23 heavy (non-hydrogen) atoms. The van der Waals surface area contributed by atoms with Crippen LogP contribution in [-0.2, 0) is 14.3 Å². The van der Waals surface area contributed by atoms with E-state index >= 15 is 0 Å². The second kappa shape index (κ2) is 7.87. The number of hydrogen-bond donors (Lipinski definition) is 1. The normalized spacial score (nSPS) is 14.7. The van der Waals surface area contributed by atoms with Crippen LogP contribution < -0.4 is 10.3 Å². The molecule has 1 aliphatic heterocycles. The number of nitrogens with zero attached hydrogens (tertiary/aromatic N) is 2. The molecule has 0 aliphatic carbocycles. The van der Waals surface area contributed by atoms with Gasteiger partial charge in [-0.3, -0.25) is 9.59 Å². The number of hydrogen-bond acceptors (Lipinski definition) is 4. The SMILES string of the molecule is COCCCNC(=O)C1=NN(c2cc(C)ccc2C)C(=O)CC1. The van der Waals surface area contributed by atoms with Gasteiger partial charge in [0.05, 0.1) is 5.69 Å². The van der Waals surface area contributed by atoms with Crippen LogP contribution in [0, 0.1) is 13.8 Å². The maximum Gasteiger partial charge on any atom is 0.267 e. The number of aryl methyl sites for hydroxylation is 2. The molecule has 0 atom stereocenters. The van der Waals surface area contributed by atoms with E-state index in [9.17, 15) is 9.59 Å². The van der Waals surface area contributed by atoms with Crippen molar-refractivity contribution in [2.24, 2.45) is 5.10 Å². The van der Waals surface area contributed by atoms with Gasteiger partial charge in [0.15, 0.2) is 0 Å². The molecule has 1 aromatic rings. The van der Waals surface area contributed by atoms with Crippen LogP contribution in [0.2, 0.25) is 0 Å². The monoisotopic (exact) mass is 317 g/mol. The Morgan fingerprint density at radius 1 is 1.35 bits per heavy atom. The van der Waals surface area contributed by atoms with Gasteiger partial charge in [-0.25, -0.2) is 5.01 Å². The van der Waals surface area contributed by atoms with E-state index in [0.717, 1.165) is 23.2 Å². The number of rotatable bonds is 6. The van der Waals surface area contributed by atoms with Crippen LogP contribution in [0.4, 0.5) is 5.69 Å². The molecule has 2 rings (SSSR count). The highest BCUT2D eigenvalue weighted by Crippen LogP contribution is 2.25. The minimum absolute atomic E-state index is 0.0883. The molecule has 0 saturated heterocycles. The van der Waals surface area contributed by atoms with Crippen molar-refractivity contribution in [2.45, 2.75) is 33.1 Å². The number of hydrazone groups is 1. The molecule has 1 aliphatic rings. The summed E-state index contributed by atoms with van der Waals surface area (Å²) in [6, 6.07) is 5.85.